The molecule has 2 amide bonds. The van der Waals surface area contributed by atoms with Gasteiger partial charge in [-0.05, 0) is 61.4 Å². The van der Waals surface area contributed by atoms with E-state index in [1.54, 1.807) is 13.0 Å². The highest BCUT2D eigenvalue weighted by atomic mass is 32.2. The van der Waals surface area contributed by atoms with E-state index in [4.69, 9.17) is 14.2 Å². The molecule has 256 valence electrons. The van der Waals surface area contributed by atoms with E-state index in [0.717, 1.165) is 18.4 Å². The second kappa shape index (κ2) is 15.2. The van der Waals surface area contributed by atoms with Crippen molar-refractivity contribution in [2.24, 2.45) is 16.8 Å². The number of benzene rings is 2. The van der Waals surface area contributed by atoms with Crippen LogP contribution >= 0.6 is 0 Å². The first-order chi connectivity index (χ1) is 22.5. The molecule has 6 unspecified atom stereocenters. The first kappa shape index (κ1) is 35.0. The highest BCUT2D eigenvalue weighted by molar-refractivity contribution is 7.89. The smallest absolute Gasteiger partial charge is 0.407 e. The monoisotopic (exact) mass is 670 g/mol. The Balaban J connectivity index is 1.37. The quantitative estimate of drug-likeness (QED) is 0.257. The zero-order valence-corrected chi connectivity index (χ0v) is 28.2. The molecule has 3 N–H and O–H groups in total. The van der Waals surface area contributed by atoms with Crippen molar-refractivity contribution >= 4 is 33.4 Å². The summed E-state index contributed by atoms with van der Waals surface area (Å²) in [7, 11) is -4.14. The lowest BCUT2D eigenvalue weighted by Crippen LogP contribution is -2.51. The third-order valence-electron chi connectivity index (χ3n) is 8.76. The van der Waals surface area contributed by atoms with Crippen molar-refractivity contribution in [3.63, 3.8) is 0 Å². The van der Waals surface area contributed by atoms with E-state index < -0.39 is 40.3 Å². The Labute approximate surface area is 276 Å². The van der Waals surface area contributed by atoms with E-state index in [9.17, 15) is 23.1 Å². The van der Waals surface area contributed by atoms with Crippen LogP contribution in [0.3, 0.4) is 0 Å². The maximum atomic E-state index is 14.2. The molecular weight excluding hydrogens is 624 g/mol. The fourth-order valence-corrected chi connectivity index (χ4v) is 8.04. The molecule has 2 aromatic rings. The number of fused-ring (bicyclic) bond motifs is 2. The van der Waals surface area contributed by atoms with Crippen LogP contribution < -0.4 is 10.6 Å². The number of carbonyl (C=O) groups excluding carboxylic acids is 2. The fraction of sp³-hybridized carbons (Fsp3) is 0.559. The SMILES string of the molecule is CCCN=C(C)C1C(=O)Nc2ccc(S(=O)(=O)N(CC(C)C)CC(O)C(Cc3ccccc3)NC(=O)OC3COC4OCCC34)cc21. The summed E-state index contributed by atoms with van der Waals surface area (Å²) in [5.41, 5.74) is 2.57. The molecule has 0 bridgehead atoms. The van der Waals surface area contributed by atoms with E-state index in [-0.39, 0.29) is 55.0 Å². The summed E-state index contributed by atoms with van der Waals surface area (Å²) in [6.45, 7) is 8.74. The number of aliphatic hydroxyl groups is 1. The maximum Gasteiger partial charge on any atom is 0.407 e. The fourth-order valence-electron chi connectivity index (χ4n) is 6.38. The van der Waals surface area contributed by atoms with Crippen molar-refractivity contribution in [1.82, 2.24) is 9.62 Å². The molecule has 6 atom stereocenters. The zero-order valence-electron chi connectivity index (χ0n) is 27.4. The van der Waals surface area contributed by atoms with Crippen LogP contribution in [0.25, 0.3) is 0 Å². The van der Waals surface area contributed by atoms with Gasteiger partial charge in [-0.2, -0.15) is 4.31 Å². The van der Waals surface area contributed by atoms with E-state index >= 15 is 0 Å². The highest BCUT2D eigenvalue weighted by Gasteiger charge is 2.44. The molecule has 2 fully saturated rings. The Morgan fingerprint density at radius 1 is 1.17 bits per heavy atom. The average Bonchev–Trinajstić information content (AvgIpc) is 3.74. The molecule has 13 heteroatoms. The van der Waals surface area contributed by atoms with Gasteiger partial charge in [-0.15, -0.1) is 0 Å². The second-order valence-corrected chi connectivity index (χ2v) is 14.8. The van der Waals surface area contributed by atoms with Crippen LogP contribution in [0, 0.1) is 11.8 Å². The number of ether oxygens (including phenoxy) is 3. The molecule has 3 aliphatic heterocycles. The number of rotatable bonds is 14. The van der Waals surface area contributed by atoms with Gasteiger partial charge < -0.3 is 30.0 Å². The Kier molecular flexibility index (Phi) is 11.3. The molecule has 47 heavy (non-hydrogen) atoms. The molecule has 0 radical (unpaired) electrons. The lowest BCUT2D eigenvalue weighted by Gasteiger charge is -2.31. The van der Waals surface area contributed by atoms with Crippen molar-refractivity contribution < 1.29 is 37.3 Å². The van der Waals surface area contributed by atoms with Gasteiger partial charge in [-0.3, -0.25) is 9.79 Å². The minimum Gasteiger partial charge on any atom is -0.443 e. The van der Waals surface area contributed by atoms with Crippen LogP contribution in [-0.2, 0) is 35.4 Å². The number of amides is 2. The van der Waals surface area contributed by atoms with E-state index in [1.165, 1.54) is 16.4 Å². The molecule has 3 aliphatic rings. The van der Waals surface area contributed by atoms with Gasteiger partial charge in [0.05, 0.1) is 36.2 Å². The predicted molar refractivity (Wildman–Crippen MR) is 177 cm³/mol. The van der Waals surface area contributed by atoms with E-state index in [2.05, 4.69) is 15.6 Å². The van der Waals surface area contributed by atoms with Gasteiger partial charge in [-0.1, -0.05) is 51.1 Å². The number of carbonyl (C=O) groups is 2. The molecule has 0 aliphatic carbocycles. The minimum atomic E-state index is -4.14. The van der Waals surface area contributed by atoms with Crippen LogP contribution in [0.1, 0.15) is 57.6 Å². The summed E-state index contributed by atoms with van der Waals surface area (Å²) >= 11 is 0. The van der Waals surface area contributed by atoms with Gasteiger partial charge in [0.1, 0.15) is 12.0 Å². The largest absolute Gasteiger partial charge is 0.443 e. The zero-order chi connectivity index (χ0) is 33.7. The van der Waals surface area contributed by atoms with Gasteiger partial charge in [0.15, 0.2) is 6.29 Å². The normalized spacial score (nSPS) is 23.8. The number of aliphatic hydroxyl groups excluding tert-OH is 1. The van der Waals surface area contributed by atoms with Gasteiger partial charge in [0.25, 0.3) is 0 Å². The number of nitrogens with one attached hydrogen (secondary N) is 2. The van der Waals surface area contributed by atoms with Gasteiger partial charge >= 0.3 is 6.09 Å². The van der Waals surface area contributed by atoms with Crippen molar-refractivity contribution in [3.8, 4) is 0 Å². The molecule has 12 nitrogen and oxygen atoms in total. The van der Waals surface area contributed by atoms with Gasteiger partial charge in [0.2, 0.25) is 15.9 Å². The van der Waals surface area contributed by atoms with E-state index in [0.29, 0.717) is 30.1 Å². The predicted octanol–water partition coefficient (Wildman–Crippen LogP) is 3.70. The summed E-state index contributed by atoms with van der Waals surface area (Å²) in [6, 6.07) is 13.1. The van der Waals surface area contributed by atoms with Crippen LogP contribution in [-0.4, -0.2) is 92.9 Å². The summed E-state index contributed by atoms with van der Waals surface area (Å²) in [5, 5.41) is 17.3. The summed E-state index contributed by atoms with van der Waals surface area (Å²) in [4.78, 5) is 30.5. The second-order valence-electron chi connectivity index (χ2n) is 12.9. The summed E-state index contributed by atoms with van der Waals surface area (Å²) in [6.07, 6.45) is -1.08. The van der Waals surface area contributed by atoms with Crippen molar-refractivity contribution in [3.05, 3.63) is 59.7 Å². The number of anilines is 1. The van der Waals surface area contributed by atoms with E-state index in [1.807, 2.05) is 51.1 Å². The third-order valence-corrected chi connectivity index (χ3v) is 10.6. The molecule has 5 rings (SSSR count). The average molecular weight is 671 g/mol. The van der Waals surface area contributed by atoms with Crippen LogP contribution in [0.5, 0.6) is 0 Å². The van der Waals surface area contributed by atoms with Crippen LogP contribution in [0.2, 0.25) is 0 Å². The molecular formula is C34H46N4O8S. The lowest BCUT2D eigenvalue weighted by molar-refractivity contribution is -0.115. The number of sulfonamides is 1. The number of hydrogen-bond donors (Lipinski definition) is 3. The standard InChI is InChI=1S/C34H46N4O8S/c1-5-14-35-22(4)31-26-17-24(11-12-27(26)36-32(31)40)47(42,43)38(18-21(2)3)19-29(39)28(16-23-9-7-6-8-10-23)37-34(41)46-30-20-45-33-25(30)13-15-44-33/h6-12,17,21,25,28-31,33,39H,5,13-16,18-20H2,1-4H3,(H,36,40)(H,37,41). The first-order valence-corrected chi connectivity index (χ1v) is 17.8. The Bertz CT molecular complexity index is 1550. The van der Waals surface area contributed by atoms with Crippen molar-refractivity contribution in [2.75, 3.05) is 38.2 Å². The topological polar surface area (TPSA) is 156 Å². The molecule has 2 saturated heterocycles. The number of nitrogens with zero attached hydrogens (tertiary/aromatic N) is 2. The van der Waals surface area contributed by atoms with Crippen molar-refractivity contribution in [2.45, 2.75) is 82.3 Å². The summed E-state index contributed by atoms with van der Waals surface area (Å²) in [5.74, 6) is -1.05. The minimum absolute atomic E-state index is 0.00967. The molecule has 0 aromatic heterocycles. The summed E-state index contributed by atoms with van der Waals surface area (Å²) < 4.78 is 46.5. The molecule has 0 saturated carbocycles. The molecule has 3 heterocycles. The highest BCUT2D eigenvalue weighted by Crippen LogP contribution is 2.36. The lowest BCUT2D eigenvalue weighted by atomic mass is 9.96. The Morgan fingerprint density at radius 3 is 2.66 bits per heavy atom. The first-order valence-electron chi connectivity index (χ1n) is 16.4. The maximum absolute atomic E-state index is 14.2. The van der Waals surface area contributed by atoms with Crippen LogP contribution in [0.4, 0.5) is 10.5 Å². The van der Waals surface area contributed by atoms with Gasteiger partial charge in [-0.25, -0.2) is 13.2 Å². The Hall–Kier alpha value is -3.36. The van der Waals surface area contributed by atoms with Gasteiger partial charge in [0, 0.05) is 31.0 Å². The van der Waals surface area contributed by atoms with Crippen molar-refractivity contribution in [1.29, 1.82) is 0 Å². The number of hydrogen-bond acceptors (Lipinski definition) is 9. The molecule has 2 aromatic carbocycles. The van der Waals surface area contributed by atoms with Crippen LogP contribution in [0.15, 0.2) is 58.4 Å². The molecule has 0 spiro atoms. The number of alkyl carbamates (subject to hydrolysis) is 1. The number of aliphatic imine (C=N–C) groups is 1. The Morgan fingerprint density at radius 2 is 1.94 bits per heavy atom. The third kappa shape index (κ3) is 8.21.